The molecule has 3 aromatic rings. The van der Waals surface area contributed by atoms with E-state index >= 15 is 0 Å². The average Bonchev–Trinajstić information content (AvgIpc) is 2.93. The Morgan fingerprint density at radius 1 is 0.850 bits per heavy atom. The number of carbonyl (C=O) groups is 2. The van der Waals surface area contributed by atoms with Crippen LogP contribution in [0.1, 0.15) is 52.2 Å². The lowest BCUT2D eigenvalue weighted by Crippen LogP contribution is -2.56. The zero-order valence-electron chi connectivity index (χ0n) is 24.1. The summed E-state index contributed by atoms with van der Waals surface area (Å²) in [6.07, 6.45) is 1.51. The molecule has 0 aliphatic carbocycles. The summed E-state index contributed by atoms with van der Waals surface area (Å²) in [4.78, 5) is 29.2. The van der Waals surface area contributed by atoms with Crippen molar-refractivity contribution in [2.75, 3.05) is 17.4 Å². The van der Waals surface area contributed by atoms with Crippen LogP contribution in [0.5, 0.6) is 0 Å². The fourth-order valence-electron chi connectivity index (χ4n) is 4.63. The lowest BCUT2D eigenvalue weighted by Gasteiger charge is -2.35. The highest BCUT2D eigenvalue weighted by atomic mass is 32.2. The number of para-hydroxylation sites is 1. The number of nitrogens with zero attached hydrogens (tertiary/aromatic N) is 2. The van der Waals surface area contributed by atoms with Crippen LogP contribution in [-0.4, -0.2) is 49.8 Å². The van der Waals surface area contributed by atoms with Crippen LogP contribution in [0.25, 0.3) is 0 Å². The van der Waals surface area contributed by atoms with Crippen molar-refractivity contribution in [3.05, 3.63) is 96.1 Å². The highest BCUT2D eigenvalue weighted by molar-refractivity contribution is 7.92. The highest BCUT2D eigenvalue weighted by Crippen LogP contribution is 2.28. The van der Waals surface area contributed by atoms with E-state index in [4.69, 9.17) is 0 Å². The minimum Gasteiger partial charge on any atom is -0.350 e. The van der Waals surface area contributed by atoms with E-state index in [0.717, 1.165) is 11.1 Å². The van der Waals surface area contributed by atoms with Crippen LogP contribution in [0.4, 0.5) is 5.69 Å². The summed E-state index contributed by atoms with van der Waals surface area (Å²) in [5.74, 6) is -0.694. The number of amides is 2. The average molecular weight is 564 g/mol. The Morgan fingerprint density at radius 2 is 1.43 bits per heavy atom. The van der Waals surface area contributed by atoms with Crippen molar-refractivity contribution in [1.82, 2.24) is 10.2 Å². The second-order valence-corrected chi connectivity index (χ2v) is 12.7. The molecule has 0 saturated carbocycles. The van der Waals surface area contributed by atoms with Gasteiger partial charge in [-0.2, -0.15) is 0 Å². The maximum absolute atomic E-state index is 14.1. The summed E-state index contributed by atoms with van der Waals surface area (Å²) in [5.41, 5.74) is 1.80. The van der Waals surface area contributed by atoms with Crippen LogP contribution < -0.4 is 9.62 Å². The summed E-state index contributed by atoms with van der Waals surface area (Å²) in [6, 6.07) is 24.3. The normalized spacial score (nSPS) is 12.4. The molecule has 0 fully saturated rings. The monoisotopic (exact) mass is 563 g/mol. The molecule has 0 unspecified atom stereocenters. The van der Waals surface area contributed by atoms with Crippen LogP contribution in [0.3, 0.4) is 0 Å². The fraction of sp³-hybridized carbons (Fsp3) is 0.375. The van der Waals surface area contributed by atoms with Gasteiger partial charge < -0.3 is 10.2 Å². The van der Waals surface area contributed by atoms with Crippen molar-refractivity contribution in [2.24, 2.45) is 0 Å². The molecule has 1 N–H and O–H groups in total. The van der Waals surface area contributed by atoms with Crippen molar-refractivity contribution in [3.8, 4) is 0 Å². The van der Waals surface area contributed by atoms with Crippen LogP contribution in [0, 0.1) is 0 Å². The molecule has 40 heavy (non-hydrogen) atoms. The minimum absolute atomic E-state index is 0.0991. The zero-order valence-corrected chi connectivity index (χ0v) is 24.9. The van der Waals surface area contributed by atoms with E-state index in [9.17, 15) is 18.0 Å². The molecule has 0 aliphatic heterocycles. The van der Waals surface area contributed by atoms with Crippen molar-refractivity contribution in [3.63, 3.8) is 0 Å². The number of anilines is 1. The fourth-order valence-corrected chi connectivity index (χ4v) is 6.11. The Morgan fingerprint density at radius 3 is 2.00 bits per heavy atom. The van der Waals surface area contributed by atoms with Gasteiger partial charge >= 0.3 is 0 Å². The van der Waals surface area contributed by atoms with Gasteiger partial charge in [0.1, 0.15) is 12.6 Å². The maximum atomic E-state index is 14.1. The summed E-state index contributed by atoms with van der Waals surface area (Å²) in [7, 11) is -4.08. The highest BCUT2D eigenvalue weighted by Gasteiger charge is 2.34. The predicted molar refractivity (Wildman–Crippen MR) is 161 cm³/mol. The van der Waals surface area contributed by atoms with Crippen molar-refractivity contribution < 1.29 is 18.0 Å². The largest absolute Gasteiger partial charge is 0.350 e. The zero-order chi connectivity index (χ0) is 29.3. The van der Waals surface area contributed by atoms with E-state index in [-0.39, 0.29) is 17.3 Å². The first-order valence-corrected chi connectivity index (χ1v) is 15.2. The molecular formula is C32H41N3O4S. The predicted octanol–water partition coefficient (Wildman–Crippen LogP) is 5.21. The first kappa shape index (κ1) is 30.9. The molecule has 0 saturated heterocycles. The Hall–Kier alpha value is -3.65. The molecule has 0 radical (unpaired) electrons. The second-order valence-electron chi connectivity index (χ2n) is 10.8. The molecule has 0 heterocycles. The number of hydrogen-bond acceptors (Lipinski definition) is 4. The summed E-state index contributed by atoms with van der Waals surface area (Å²) < 4.78 is 29.1. The second kappa shape index (κ2) is 13.6. The van der Waals surface area contributed by atoms with E-state index < -0.39 is 34.1 Å². The molecule has 0 aromatic heterocycles. The first-order valence-electron chi connectivity index (χ1n) is 13.8. The minimum atomic E-state index is -4.08. The van der Waals surface area contributed by atoms with Gasteiger partial charge in [0, 0.05) is 12.1 Å². The van der Waals surface area contributed by atoms with Crippen LogP contribution in [-0.2, 0) is 32.5 Å². The number of rotatable bonds is 12. The van der Waals surface area contributed by atoms with Gasteiger partial charge in [0.15, 0.2) is 0 Å². The first-order chi connectivity index (χ1) is 19.0. The molecule has 0 bridgehead atoms. The lowest BCUT2D eigenvalue weighted by molar-refractivity contribution is -0.140. The summed E-state index contributed by atoms with van der Waals surface area (Å²) in [5, 5.41) is 3.00. The third-order valence-electron chi connectivity index (χ3n) is 6.62. The van der Waals surface area contributed by atoms with Gasteiger partial charge in [-0.25, -0.2) is 8.42 Å². The lowest BCUT2D eigenvalue weighted by atomic mass is 10.1. The molecule has 7 nitrogen and oxygen atoms in total. The molecular weight excluding hydrogens is 522 g/mol. The van der Waals surface area contributed by atoms with Crippen LogP contribution >= 0.6 is 0 Å². The van der Waals surface area contributed by atoms with Gasteiger partial charge in [-0.15, -0.1) is 0 Å². The third kappa shape index (κ3) is 7.94. The van der Waals surface area contributed by atoms with E-state index in [1.807, 2.05) is 77.1 Å². The molecule has 8 heteroatoms. The van der Waals surface area contributed by atoms with Gasteiger partial charge in [0.2, 0.25) is 11.8 Å². The van der Waals surface area contributed by atoms with Crippen molar-refractivity contribution >= 4 is 27.5 Å². The van der Waals surface area contributed by atoms with Crippen molar-refractivity contribution in [1.29, 1.82) is 0 Å². The van der Waals surface area contributed by atoms with Gasteiger partial charge in [-0.3, -0.25) is 13.9 Å². The Labute approximate surface area is 239 Å². The third-order valence-corrected chi connectivity index (χ3v) is 8.39. The number of sulfonamides is 1. The molecule has 0 aliphatic rings. The number of aryl methyl sites for hydroxylation is 1. The summed E-state index contributed by atoms with van der Waals surface area (Å²) >= 11 is 0. The Bertz CT molecular complexity index is 1370. The molecule has 0 spiro atoms. The van der Waals surface area contributed by atoms with Gasteiger partial charge in [0.05, 0.1) is 10.6 Å². The smallest absolute Gasteiger partial charge is 0.264 e. The van der Waals surface area contributed by atoms with E-state index in [1.54, 1.807) is 30.3 Å². The Balaban J connectivity index is 2.04. The van der Waals surface area contributed by atoms with Gasteiger partial charge in [-0.1, -0.05) is 80.6 Å². The number of nitrogens with one attached hydrogen (secondary N) is 1. The number of hydrogen-bond donors (Lipinski definition) is 1. The molecule has 1 atom stereocenters. The molecule has 3 aromatic carbocycles. The van der Waals surface area contributed by atoms with Gasteiger partial charge in [-0.05, 0) is 69.4 Å². The number of carbonyl (C=O) groups excluding carboxylic acids is 2. The van der Waals surface area contributed by atoms with Crippen molar-refractivity contribution in [2.45, 2.75) is 70.4 Å². The summed E-state index contributed by atoms with van der Waals surface area (Å²) in [6.45, 7) is 9.33. The van der Waals surface area contributed by atoms with E-state index in [1.165, 1.54) is 21.3 Å². The quantitative estimate of drug-likeness (QED) is 0.328. The Kier molecular flexibility index (Phi) is 10.5. The standard InChI is InChI=1S/C32H41N3O4S/c1-6-26-18-14-15-21-29(26)35(40(38,39)27-19-12-9-13-20-27)24-30(36)34(23-22-25-16-10-8-11-17-25)28(7-2)31(37)33-32(3,4)5/h8-21,28H,6-7,22-24H2,1-5H3,(H,33,37)/t28-/m1/s1. The van der Waals surface area contributed by atoms with Crippen LogP contribution in [0.15, 0.2) is 89.8 Å². The SMILES string of the molecule is CCc1ccccc1N(CC(=O)N(CCc1ccccc1)[C@H](CC)C(=O)NC(C)(C)C)S(=O)(=O)c1ccccc1. The molecule has 3 rings (SSSR count). The van der Waals surface area contributed by atoms with E-state index in [0.29, 0.717) is 24.9 Å². The molecule has 214 valence electrons. The van der Waals surface area contributed by atoms with E-state index in [2.05, 4.69) is 5.32 Å². The topological polar surface area (TPSA) is 86.8 Å². The molecule has 2 amide bonds. The van der Waals surface area contributed by atoms with Crippen LogP contribution in [0.2, 0.25) is 0 Å². The van der Waals surface area contributed by atoms with Gasteiger partial charge in [0.25, 0.3) is 10.0 Å². The number of benzene rings is 3. The maximum Gasteiger partial charge on any atom is 0.264 e.